The highest BCUT2D eigenvalue weighted by Crippen LogP contribution is 2.29. The minimum atomic E-state index is -4.33. The Morgan fingerprint density at radius 2 is 1.75 bits per heavy atom. The molecule has 0 aliphatic carbocycles. The number of ketones is 1. The lowest BCUT2D eigenvalue weighted by atomic mass is 10.1. The SMILES string of the molecule is O=C(CS(=O)(=O)O)c1ccc2oc3ccccc3c2c1. The Hall–Kier alpha value is -2.18. The van der Waals surface area contributed by atoms with Crippen molar-refractivity contribution in [2.75, 3.05) is 5.75 Å². The number of carbonyl (C=O) groups excluding carboxylic acids is 1. The molecule has 3 aromatic rings. The molecule has 6 heteroatoms. The van der Waals surface area contributed by atoms with Crippen molar-refractivity contribution in [2.24, 2.45) is 0 Å². The molecule has 20 heavy (non-hydrogen) atoms. The molecule has 0 bridgehead atoms. The average molecular weight is 290 g/mol. The predicted octanol–water partition coefficient (Wildman–Crippen LogP) is 2.66. The van der Waals surface area contributed by atoms with Gasteiger partial charge in [-0.1, -0.05) is 18.2 Å². The molecule has 1 aromatic heterocycles. The normalized spacial score (nSPS) is 12.1. The smallest absolute Gasteiger partial charge is 0.272 e. The highest BCUT2D eigenvalue weighted by molar-refractivity contribution is 7.86. The molecule has 0 aliphatic heterocycles. The molecule has 0 radical (unpaired) electrons. The molecule has 0 amide bonds. The van der Waals surface area contributed by atoms with Gasteiger partial charge in [0.2, 0.25) is 0 Å². The van der Waals surface area contributed by atoms with Crippen LogP contribution in [0.15, 0.2) is 46.9 Å². The van der Waals surface area contributed by atoms with Crippen LogP contribution in [0.5, 0.6) is 0 Å². The summed E-state index contributed by atoms with van der Waals surface area (Å²) in [4.78, 5) is 11.8. The topological polar surface area (TPSA) is 84.6 Å². The molecule has 0 spiro atoms. The number of carbonyl (C=O) groups is 1. The van der Waals surface area contributed by atoms with Gasteiger partial charge in [-0.25, -0.2) is 0 Å². The van der Waals surface area contributed by atoms with Gasteiger partial charge in [0.1, 0.15) is 16.9 Å². The highest BCUT2D eigenvalue weighted by Gasteiger charge is 2.16. The van der Waals surface area contributed by atoms with Gasteiger partial charge < -0.3 is 4.42 Å². The molecule has 2 aromatic carbocycles. The maximum Gasteiger partial charge on any atom is 0.272 e. The Morgan fingerprint density at radius 1 is 1.05 bits per heavy atom. The van der Waals surface area contributed by atoms with Crippen molar-refractivity contribution in [2.45, 2.75) is 0 Å². The molecule has 0 unspecified atom stereocenters. The number of fused-ring (bicyclic) bond motifs is 3. The van der Waals surface area contributed by atoms with Gasteiger partial charge in [0.15, 0.2) is 5.78 Å². The van der Waals surface area contributed by atoms with Crippen LogP contribution < -0.4 is 0 Å². The zero-order valence-corrected chi connectivity index (χ0v) is 11.1. The van der Waals surface area contributed by atoms with E-state index in [1.807, 2.05) is 24.3 Å². The van der Waals surface area contributed by atoms with Crippen LogP contribution in [0.2, 0.25) is 0 Å². The third kappa shape index (κ3) is 2.31. The fourth-order valence-electron chi connectivity index (χ4n) is 2.15. The minimum Gasteiger partial charge on any atom is -0.456 e. The maximum absolute atomic E-state index is 11.8. The van der Waals surface area contributed by atoms with E-state index < -0.39 is 21.7 Å². The quantitative estimate of drug-likeness (QED) is 0.592. The van der Waals surface area contributed by atoms with E-state index >= 15 is 0 Å². The average Bonchev–Trinajstić information content (AvgIpc) is 2.74. The second kappa shape index (κ2) is 4.43. The van der Waals surface area contributed by atoms with Crippen LogP contribution >= 0.6 is 0 Å². The molecule has 102 valence electrons. The van der Waals surface area contributed by atoms with Gasteiger partial charge in [0.05, 0.1) is 0 Å². The van der Waals surface area contributed by atoms with Crippen molar-refractivity contribution in [3.05, 3.63) is 48.0 Å². The van der Waals surface area contributed by atoms with Crippen molar-refractivity contribution in [3.8, 4) is 0 Å². The van der Waals surface area contributed by atoms with E-state index in [9.17, 15) is 13.2 Å². The second-order valence-corrected chi connectivity index (χ2v) is 5.91. The number of hydrogen-bond acceptors (Lipinski definition) is 4. The summed E-state index contributed by atoms with van der Waals surface area (Å²) in [6, 6.07) is 12.0. The Bertz CT molecular complexity index is 921. The van der Waals surface area contributed by atoms with E-state index in [1.54, 1.807) is 12.1 Å². The van der Waals surface area contributed by atoms with E-state index in [1.165, 1.54) is 6.07 Å². The van der Waals surface area contributed by atoms with E-state index in [2.05, 4.69) is 0 Å². The first-order valence-corrected chi connectivity index (χ1v) is 7.45. The van der Waals surface area contributed by atoms with Crippen molar-refractivity contribution in [1.82, 2.24) is 0 Å². The molecule has 5 nitrogen and oxygen atoms in total. The molecule has 3 rings (SSSR count). The third-order valence-corrected chi connectivity index (χ3v) is 3.64. The molecular formula is C14H10O5S. The van der Waals surface area contributed by atoms with Crippen LogP contribution in [-0.2, 0) is 10.1 Å². The molecule has 0 aliphatic rings. The zero-order chi connectivity index (χ0) is 14.3. The summed E-state index contributed by atoms with van der Waals surface area (Å²) in [6.07, 6.45) is 0. The van der Waals surface area contributed by atoms with Crippen LogP contribution in [0, 0.1) is 0 Å². The molecule has 0 saturated carbocycles. The van der Waals surface area contributed by atoms with Crippen LogP contribution in [0.25, 0.3) is 21.9 Å². The van der Waals surface area contributed by atoms with E-state index in [-0.39, 0.29) is 5.56 Å². The molecule has 1 heterocycles. The molecule has 1 N–H and O–H groups in total. The van der Waals surface area contributed by atoms with Gasteiger partial charge in [-0.3, -0.25) is 9.35 Å². The Morgan fingerprint density at radius 3 is 2.50 bits per heavy atom. The van der Waals surface area contributed by atoms with Crippen molar-refractivity contribution >= 4 is 37.8 Å². The van der Waals surface area contributed by atoms with Gasteiger partial charge >= 0.3 is 0 Å². The second-order valence-electron chi connectivity index (χ2n) is 4.46. The summed E-state index contributed by atoms with van der Waals surface area (Å²) < 4.78 is 35.9. The fourth-order valence-corrected chi connectivity index (χ4v) is 2.65. The van der Waals surface area contributed by atoms with E-state index in [4.69, 9.17) is 8.97 Å². The molecule has 0 fully saturated rings. The summed E-state index contributed by atoms with van der Waals surface area (Å²) in [5, 5.41) is 1.59. The number of rotatable bonds is 3. The first-order chi connectivity index (χ1) is 9.44. The van der Waals surface area contributed by atoms with Gasteiger partial charge in [-0.15, -0.1) is 0 Å². The Balaban J connectivity index is 2.14. The van der Waals surface area contributed by atoms with E-state index in [0.29, 0.717) is 11.2 Å². The standard InChI is InChI=1S/C14H10O5S/c15-12(8-20(16,17)18)9-5-6-14-11(7-9)10-3-1-2-4-13(10)19-14/h1-7H,8H2,(H,16,17,18). The van der Waals surface area contributed by atoms with Gasteiger partial charge in [-0.05, 0) is 24.3 Å². The fraction of sp³-hybridized carbons (Fsp3) is 0.0714. The lowest BCUT2D eigenvalue weighted by Gasteiger charge is -1.99. The minimum absolute atomic E-state index is 0.224. The Kier molecular flexibility index (Phi) is 2.84. The first kappa shape index (κ1) is 12.8. The third-order valence-electron chi connectivity index (χ3n) is 3.01. The summed E-state index contributed by atoms with van der Waals surface area (Å²) in [5.74, 6) is -1.58. The maximum atomic E-state index is 11.8. The van der Waals surface area contributed by atoms with Crippen LogP contribution in [0.1, 0.15) is 10.4 Å². The summed E-state index contributed by atoms with van der Waals surface area (Å²) >= 11 is 0. The zero-order valence-electron chi connectivity index (χ0n) is 10.2. The number of benzene rings is 2. The lowest BCUT2D eigenvalue weighted by Crippen LogP contribution is -2.14. The van der Waals surface area contributed by atoms with Crippen LogP contribution in [0.3, 0.4) is 0 Å². The largest absolute Gasteiger partial charge is 0.456 e. The van der Waals surface area contributed by atoms with Crippen LogP contribution in [0.4, 0.5) is 0 Å². The molecule has 0 saturated heterocycles. The number of hydrogen-bond donors (Lipinski definition) is 1. The highest BCUT2D eigenvalue weighted by atomic mass is 32.2. The van der Waals surface area contributed by atoms with Gasteiger partial charge in [0, 0.05) is 16.3 Å². The lowest BCUT2D eigenvalue weighted by molar-refractivity contribution is 0.101. The summed E-state index contributed by atoms with van der Waals surface area (Å²) in [6.45, 7) is 0. The number of furan rings is 1. The predicted molar refractivity (Wildman–Crippen MR) is 74.5 cm³/mol. The molecular weight excluding hydrogens is 280 g/mol. The first-order valence-electron chi connectivity index (χ1n) is 5.84. The van der Waals surface area contributed by atoms with Crippen LogP contribution in [-0.4, -0.2) is 24.5 Å². The number of Topliss-reactive ketones (excluding diaryl/α,β-unsaturated/α-hetero) is 1. The van der Waals surface area contributed by atoms with Gasteiger partial charge in [0.25, 0.3) is 10.1 Å². The van der Waals surface area contributed by atoms with Crippen molar-refractivity contribution in [3.63, 3.8) is 0 Å². The number of para-hydroxylation sites is 1. The summed E-state index contributed by atoms with van der Waals surface area (Å²) in [7, 11) is -4.33. The molecule has 0 atom stereocenters. The van der Waals surface area contributed by atoms with E-state index in [0.717, 1.165) is 10.8 Å². The summed E-state index contributed by atoms with van der Waals surface area (Å²) in [5.41, 5.74) is 1.54. The monoisotopic (exact) mass is 290 g/mol. The Labute approximate surface area is 114 Å². The van der Waals surface area contributed by atoms with Crippen molar-refractivity contribution < 1.29 is 22.2 Å². The van der Waals surface area contributed by atoms with Crippen molar-refractivity contribution in [1.29, 1.82) is 0 Å². The van der Waals surface area contributed by atoms with Gasteiger partial charge in [-0.2, -0.15) is 8.42 Å².